The van der Waals surface area contributed by atoms with Gasteiger partial charge < -0.3 is 23.1 Å². The predicted octanol–water partition coefficient (Wildman–Crippen LogP) is 9.21. The number of carbonyl (C=O) groups excluding carboxylic acids is 2. The number of nitrogens with zero attached hydrogens (tertiary/aromatic N) is 1. The van der Waals surface area contributed by atoms with Gasteiger partial charge in [0, 0.05) is 6.08 Å². The number of esters is 1. The van der Waals surface area contributed by atoms with E-state index in [1.54, 1.807) is 11.8 Å². The first-order valence-corrected chi connectivity index (χ1v) is 21.8. The molecule has 0 aromatic rings. The summed E-state index contributed by atoms with van der Waals surface area (Å²) in [6.07, 6.45) is 3.57. The highest BCUT2D eigenvalue weighted by molar-refractivity contribution is 6.77. The average Bonchev–Trinajstić information content (AvgIpc) is 3.22. The first kappa shape index (κ1) is 40.8. The molecule has 258 valence electrons. The summed E-state index contributed by atoms with van der Waals surface area (Å²) in [5.74, 6) is -0.351. The normalized spacial score (nSPS) is 19.3. The number of ether oxygens (including phenoxy) is 3. The number of carbonyl (C=O) groups is 2. The molecule has 0 saturated carbocycles. The molecule has 10 heteroatoms. The first-order chi connectivity index (χ1) is 20.3. The van der Waals surface area contributed by atoms with Crippen LogP contribution in [0.1, 0.15) is 117 Å². The van der Waals surface area contributed by atoms with Gasteiger partial charge >= 0.3 is 12.1 Å². The lowest BCUT2D eigenvalue weighted by Gasteiger charge is -2.46. The molecule has 1 aliphatic heterocycles. The van der Waals surface area contributed by atoms with Gasteiger partial charge in [-0.1, -0.05) is 68.4 Å². The van der Waals surface area contributed by atoms with Crippen LogP contribution in [0, 0.1) is 0 Å². The molecular formula is C34H67NO7Si2. The van der Waals surface area contributed by atoms with Crippen molar-refractivity contribution in [3.8, 4) is 0 Å². The molecule has 1 aliphatic rings. The van der Waals surface area contributed by atoms with Crippen molar-refractivity contribution < 1.29 is 32.7 Å². The highest BCUT2D eigenvalue weighted by Crippen LogP contribution is 2.44. The molecule has 1 fully saturated rings. The summed E-state index contributed by atoms with van der Waals surface area (Å²) < 4.78 is 32.1. The lowest BCUT2D eigenvalue weighted by Crippen LogP contribution is -2.57. The molecule has 0 aliphatic carbocycles. The SMILES string of the molecule is CCOC(=O)/C=C/C[C@H](C[C@@H](O[Si](CC)(CC)CC)[C@@H]1COC(C)(C)N1C(=O)OC(C)(C)C)O[Si](C(C)C)(C(C)C)C(C)C. The van der Waals surface area contributed by atoms with Gasteiger partial charge in [-0.05, 0) is 89.1 Å². The smallest absolute Gasteiger partial charge is 0.412 e. The van der Waals surface area contributed by atoms with E-state index in [9.17, 15) is 9.59 Å². The number of hydrogen-bond donors (Lipinski definition) is 0. The summed E-state index contributed by atoms with van der Waals surface area (Å²) in [6.45, 7) is 32.4. The summed E-state index contributed by atoms with van der Waals surface area (Å²) in [5, 5.41) is 0. The van der Waals surface area contributed by atoms with Crippen LogP contribution in [-0.2, 0) is 27.9 Å². The molecule has 1 saturated heterocycles. The van der Waals surface area contributed by atoms with Crippen LogP contribution in [-0.4, -0.2) is 76.4 Å². The van der Waals surface area contributed by atoms with Crippen LogP contribution in [0.3, 0.4) is 0 Å². The Balaban J connectivity index is 3.74. The van der Waals surface area contributed by atoms with Crippen LogP contribution >= 0.6 is 0 Å². The molecule has 0 aromatic heterocycles. The van der Waals surface area contributed by atoms with Crippen molar-refractivity contribution in [1.29, 1.82) is 0 Å². The highest BCUT2D eigenvalue weighted by atomic mass is 28.4. The van der Waals surface area contributed by atoms with Crippen LogP contribution in [0.25, 0.3) is 0 Å². The van der Waals surface area contributed by atoms with Gasteiger partial charge in [0.15, 0.2) is 8.32 Å². The second-order valence-electron chi connectivity index (χ2n) is 14.8. The minimum Gasteiger partial charge on any atom is -0.463 e. The van der Waals surface area contributed by atoms with Gasteiger partial charge in [-0.15, -0.1) is 0 Å². The summed E-state index contributed by atoms with van der Waals surface area (Å²) in [4.78, 5) is 27.7. The Kier molecular flexibility index (Phi) is 15.9. The molecular weight excluding hydrogens is 591 g/mol. The van der Waals surface area contributed by atoms with Crippen molar-refractivity contribution in [2.24, 2.45) is 0 Å². The quantitative estimate of drug-likeness (QED) is 0.0876. The molecule has 3 atom stereocenters. The van der Waals surface area contributed by atoms with Gasteiger partial charge in [-0.25, -0.2) is 9.59 Å². The lowest BCUT2D eigenvalue weighted by atomic mass is 10.0. The summed E-state index contributed by atoms with van der Waals surface area (Å²) >= 11 is 0. The second kappa shape index (κ2) is 17.1. The topological polar surface area (TPSA) is 83.5 Å². The zero-order valence-electron chi connectivity index (χ0n) is 30.9. The van der Waals surface area contributed by atoms with E-state index in [2.05, 4.69) is 62.3 Å². The van der Waals surface area contributed by atoms with E-state index < -0.39 is 34.1 Å². The summed E-state index contributed by atoms with van der Waals surface area (Å²) in [7, 11) is -4.43. The van der Waals surface area contributed by atoms with Gasteiger partial charge in [0.2, 0.25) is 8.32 Å². The van der Waals surface area contributed by atoms with E-state index in [4.69, 9.17) is 23.1 Å². The fourth-order valence-corrected chi connectivity index (χ4v) is 15.5. The van der Waals surface area contributed by atoms with E-state index >= 15 is 0 Å². The molecule has 0 radical (unpaired) electrons. The zero-order valence-corrected chi connectivity index (χ0v) is 32.9. The van der Waals surface area contributed by atoms with Gasteiger partial charge in [0.25, 0.3) is 0 Å². The Morgan fingerprint density at radius 1 is 0.932 bits per heavy atom. The van der Waals surface area contributed by atoms with Crippen LogP contribution in [0.2, 0.25) is 34.8 Å². The van der Waals surface area contributed by atoms with Gasteiger partial charge in [-0.2, -0.15) is 0 Å². The van der Waals surface area contributed by atoms with E-state index in [0.29, 0.717) is 42.7 Å². The van der Waals surface area contributed by atoms with Crippen molar-refractivity contribution >= 4 is 28.7 Å². The Morgan fingerprint density at radius 3 is 1.89 bits per heavy atom. The molecule has 8 nitrogen and oxygen atoms in total. The van der Waals surface area contributed by atoms with Crippen molar-refractivity contribution in [2.45, 2.75) is 181 Å². The fraction of sp³-hybridized carbons (Fsp3) is 0.882. The van der Waals surface area contributed by atoms with Crippen molar-refractivity contribution in [3.63, 3.8) is 0 Å². The van der Waals surface area contributed by atoms with E-state index in [1.165, 1.54) is 6.08 Å². The van der Waals surface area contributed by atoms with Gasteiger partial charge in [0.1, 0.15) is 11.3 Å². The molecule has 1 amide bonds. The lowest BCUT2D eigenvalue weighted by molar-refractivity contribution is -0.137. The van der Waals surface area contributed by atoms with E-state index in [1.807, 2.05) is 40.7 Å². The average molecular weight is 658 g/mol. The van der Waals surface area contributed by atoms with Crippen molar-refractivity contribution in [2.75, 3.05) is 13.2 Å². The zero-order chi connectivity index (χ0) is 34.1. The van der Waals surface area contributed by atoms with Gasteiger partial charge in [0.05, 0.1) is 31.5 Å². The number of amides is 1. The van der Waals surface area contributed by atoms with Crippen LogP contribution in [0.4, 0.5) is 4.79 Å². The molecule has 44 heavy (non-hydrogen) atoms. The minimum atomic E-state index is -2.30. The summed E-state index contributed by atoms with van der Waals surface area (Å²) in [5.41, 5.74) is -0.329. The molecule has 0 N–H and O–H groups in total. The Bertz CT molecular complexity index is 895. The highest BCUT2D eigenvalue weighted by Gasteiger charge is 2.52. The maximum Gasteiger partial charge on any atom is 0.412 e. The first-order valence-electron chi connectivity index (χ1n) is 17.1. The maximum absolute atomic E-state index is 13.7. The van der Waals surface area contributed by atoms with E-state index in [0.717, 1.165) is 18.1 Å². The number of hydrogen-bond acceptors (Lipinski definition) is 7. The standard InChI is InChI=1S/C34H67NO7Si2/c1-16-38-31(36)22-20-21-28(41-44(25(5)6,26(7)8)27(9)10)23-30(42-43(17-2,18-3)19-4)29-24-39-34(14,15)35(29)32(37)40-33(11,12)13/h20,22,25-30H,16-19,21,23-24H2,1-15H3/b22-20+/t28-,29+,30-/m1/s1. The summed E-state index contributed by atoms with van der Waals surface area (Å²) in [6, 6.07) is 2.61. The van der Waals surface area contributed by atoms with Crippen molar-refractivity contribution in [3.05, 3.63) is 12.2 Å². The van der Waals surface area contributed by atoms with Crippen LogP contribution in [0.15, 0.2) is 12.2 Å². The Hall–Kier alpha value is -1.21. The monoisotopic (exact) mass is 657 g/mol. The van der Waals surface area contributed by atoms with E-state index in [-0.39, 0.29) is 24.2 Å². The van der Waals surface area contributed by atoms with Crippen LogP contribution < -0.4 is 0 Å². The maximum atomic E-state index is 13.7. The van der Waals surface area contributed by atoms with Crippen LogP contribution in [0.5, 0.6) is 0 Å². The number of rotatable bonds is 17. The largest absolute Gasteiger partial charge is 0.463 e. The molecule has 0 unspecified atom stereocenters. The Labute approximate surface area is 272 Å². The predicted molar refractivity (Wildman–Crippen MR) is 185 cm³/mol. The third-order valence-corrected chi connectivity index (χ3v) is 20.2. The molecule has 1 rings (SSSR count). The van der Waals surface area contributed by atoms with Gasteiger partial charge in [-0.3, -0.25) is 4.90 Å². The molecule has 0 bridgehead atoms. The fourth-order valence-electron chi connectivity index (χ4n) is 7.03. The molecule has 1 heterocycles. The third kappa shape index (κ3) is 10.7. The minimum absolute atomic E-state index is 0.217. The molecule has 0 aromatic carbocycles. The molecule has 0 spiro atoms. The van der Waals surface area contributed by atoms with Crippen molar-refractivity contribution in [1.82, 2.24) is 4.90 Å². The third-order valence-electron chi connectivity index (χ3n) is 9.39. The second-order valence-corrected chi connectivity index (χ2v) is 24.9. The Morgan fingerprint density at radius 2 is 1.45 bits per heavy atom.